The van der Waals surface area contributed by atoms with E-state index in [2.05, 4.69) is 14.9 Å². The van der Waals surface area contributed by atoms with E-state index in [9.17, 15) is 4.79 Å². The number of H-pyrrole nitrogens is 1. The lowest BCUT2D eigenvalue weighted by molar-refractivity contribution is 0.615. The van der Waals surface area contributed by atoms with Crippen LogP contribution in [0, 0.1) is 0 Å². The third-order valence-corrected chi connectivity index (χ3v) is 3.80. The summed E-state index contributed by atoms with van der Waals surface area (Å²) < 4.78 is 0. The highest BCUT2D eigenvalue weighted by Crippen LogP contribution is 2.26. The summed E-state index contributed by atoms with van der Waals surface area (Å²) in [5, 5.41) is 0.157. The van der Waals surface area contributed by atoms with Crippen molar-refractivity contribution in [3.63, 3.8) is 0 Å². The van der Waals surface area contributed by atoms with E-state index in [1.165, 1.54) is 12.7 Å². The summed E-state index contributed by atoms with van der Waals surface area (Å²) >= 11 is 12.0. The van der Waals surface area contributed by atoms with E-state index >= 15 is 0 Å². The summed E-state index contributed by atoms with van der Waals surface area (Å²) in [6.07, 6.45) is 5.84. The van der Waals surface area contributed by atoms with Crippen molar-refractivity contribution in [1.82, 2.24) is 9.97 Å². The van der Waals surface area contributed by atoms with Gasteiger partial charge in [-0.1, -0.05) is 24.4 Å². The molecule has 1 aromatic rings. The predicted octanol–water partition coefficient (Wildman–Crippen LogP) is 2.41. The fourth-order valence-electron chi connectivity index (χ4n) is 2.19. The molecule has 0 saturated carbocycles. The van der Waals surface area contributed by atoms with Crippen molar-refractivity contribution >= 4 is 29.0 Å². The Morgan fingerprint density at radius 3 is 3.06 bits per heavy atom. The van der Waals surface area contributed by atoms with Gasteiger partial charge in [0.05, 0.1) is 6.33 Å². The van der Waals surface area contributed by atoms with Crippen LogP contribution in [-0.4, -0.2) is 28.4 Å². The molecule has 6 heteroatoms. The minimum absolute atomic E-state index is 0.157. The average Bonchev–Trinajstić information content (AvgIpc) is 2.57. The number of hydrogen-bond donors (Lipinski definition) is 1. The third-order valence-electron chi connectivity index (χ3n) is 3.11. The molecule has 1 N–H and O–H groups in total. The van der Waals surface area contributed by atoms with Crippen molar-refractivity contribution in [3.05, 3.63) is 21.7 Å². The Hall–Kier alpha value is -0.740. The maximum atomic E-state index is 11.5. The summed E-state index contributed by atoms with van der Waals surface area (Å²) in [5.74, 6) is 1.09. The number of hydrogen-bond acceptors (Lipinski definition) is 3. The number of aromatic nitrogens is 2. The molecule has 1 unspecified atom stereocenters. The van der Waals surface area contributed by atoms with Gasteiger partial charge in [0.15, 0.2) is 5.82 Å². The lowest BCUT2D eigenvalue weighted by Crippen LogP contribution is -2.37. The van der Waals surface area contributed by atoms with Crippen molar-refractivity contribution in [2.24, 2.45) is 0 Å². The molecule has 0 bridgehead atoms. The molecule has 1 saturated heterocycles. The van der Waals surface area contributed by atoms with Gasteiger partial charge in [0.1, 0.15) is 5.02 Å². The smallest absolute Gasteiger partial charge is 0.271 e. The maximum Gasteiger partial charge on any atom is 0.271 e. The second-order valence-electron chi connectivity index (χ2n) is 4.22. The van der Waals surface area contributed by atoms with E-state index < -0.39 is 0 Å². The molecule has 1 aliphatic rings. The van der Waals surface area contributed by atoms with Crippen LogP contribution in [0.25, 0.3) is 0 Å². The molecule has 0 spiro atoms. The summed E-state index contributed by atoms with van der Waals surface area (Å²) in [6.45, 7) is 0.855. The van der Waals surface area contributed by atoms with Crippen LogP contribution in [0.15, 0.2) is 11.1 Å². The first-order chi connectivity index (χ1) is 8.24. The van der Waals surface area contributed by atoms with Crippen molar-refractivity contribution in [3.8, 4) is 0 Å². The summed E-state index contributed by atoms with van der Waals surface area (Å²) in [6, 6.07) is 0.214. The highest BCUT2D eigenvalue weighted by molar-refractivity contribution is 6.32. The Bertz CT molecular complexity index is 435. The van der Waals surface area contributed by atoms with E-state index in [1.54, 1.807) is 0 Å². The fourth-order valence-corrected chi connectivity index (χ4v) is 2.72. The number of nitrogens with zero attached hydrogens (tertiary/aromatic N) is 2. The van der Waals surface area contributed by atoms with Gasteiger partial charge in [0.25, 0.3) is 5.56 Å². The van der Waals surface area contributed by atoms with Gasteiger partial charge >= 0.3 is 0 Å². The Balaban J connectivity index is 2.35. The molecule has 0 amide bonds. The number of anilines is 1. The first-order valence-electron chi connectivity index (χ1n) is 5.80. The Morgan fingerprint density at radius 2 is 2.29 bits per heavy atom. The van der Waals surface area contributed by atoms with E-state index in [0.717, 1.165) is 25.8 Å². The predicted molar refractivity (Wildman–Crippen MR) is 70.2 cm³/mol. The summed E-state index contributed by atoms with van der Waals surface area (Å²) in [7, 11) is 0. The monoisotopic (exact) mass is 275 g/mol. The lowest BCUT2D eigenvalue weighted by Gasteiger charge is -2.29. The van der Waals surface area contributed by atoms with E-state index in [4.69, 9.17) is 23.2 Å². The van der Waals surface area contributed by atoms with Gasteiger partial charge < -0.3 is 9.88 Å². The van der Waals surface area contributed by atoms with Gasteiger partial charge in [0.2, 0.25) is 0 Å². The van der Waals surface area contributed by atoms with Crippen LogP contribution in [0.4, 0.5) is 5.82 Å². The minimum Gasteiger partial charge on any atom is -0.351 e. The van der Waals surface area contributed by atoms with E-state index in [-0.39, 0.29) is 16.6 Å². The summed E-state index contributed by atoms with van der Waals surface area (Å²) in [5.41, 5.74) is -0.297. The van der Waals surface area contributed by atoms with Crippen molar-refractivity contribution in [1.29, 1.82) is 0 Å². The fraction of sp³-hybridized carbons (Fsp3) is 0.636. The van der Waals surface area contributed by atoms with Crippen LogP contribution >= 0.6 is 23.2 Å². The SMILES string of the molecule is O=c1[nH]cnc(N2CCCCCC2CCl)c1Cl. The molecule has 2 rings (SSSR count). The van der Waals surface area contributed by atoms with Crippen LogP contribution in [0.1, 0.15) is 25.7 Å². The Morgan fingerprint density at radius 1 is 1.47 bits per heavy atom. The molecule has 4 nitrogen and oxygen atoms in total. The molecule has 17 heavy (non-hydrogen) atoms. The van der Waals surface area contributed by atoms with Crippen LogP contribution < -0.4 is 10.5 Å². The third kappa shape index (κ3) is 2.75. The van der Waals surface area contributed by atoms with Gasteiger partial charge in [-0.05, 0) is 12.8 Å². The first kappa shape index (κ1) is 12.7. The molecular formula is C11H15Cl2N3O. The highest BCUT2D eigenvalue weighted by Gasteiger charge is 2.24. The number of rotatable bonds is 2. The zero-order valence-electron chi connectivity index (χ0n) is 9.46. The second kappa shape index (κ2) is 5.74. The van der Waals surface area contributed by atoms with Gasteiger partial charge in [-0.2, -0.15) is 0 Å². The molecule has 1 atom stereocenters. The van der Waals surface area contributed by atoms with Gasteiger partial charge in [-0.15, -0.1) is 11.6 Å². The topological polar surface area (TPSA) is 49.0 Å². The van der Waals surface area contributed by atoms with Gasteiger partial charge in [-0.3, -0.25) is 4.79 Å². The number of halogens is 2. The largest absolute Gasteiger partial charge is 0.351 e. The molecule has 1 aromatic heterocycles. The first-order valence-corrected chi connectivity index (χ1v) is 6.71. The molecule has 0 radical (unpaired) electrons. The zero-order chi connectivity index (χ0) is 12.3. The Labute approximate surface area is 110 Å². The van der Waals surface area contributed by atoms with Crippen LogP contribution in [0.5, 0.6) is 0 Å². The van der Waals surface area contributed by atoms with Gasteiger partial charge in [0, 0.05) is 18.5 Å². The van der Waals surface area contributed by atoms with Crippen LogP contribution in [-0.2, 0) is 0 Å². The highest BCUT2D eigenvalue weighted by atomic mass is 35.5. The molecule has 1 fully saturated rings. The maximum absolute atomic E-state index is 11.5. The quantitative estimate of drug-likeness (QED) is 0.844. The normalized spacial score (nSPS) is 21.3. The molecule has 94 valence electrons. The molecule has 2 heterocycles. The number of aromatic amines is 1. The number of nitrogens with one attached hydrogen (secondary N) is 1. The summed E-state index contributed by atoms with van der Waals surface area (Å²) in [4.78, 5) is 20.2. The standard InChI is InChI=1S/C11H15Cl2N3O/c12-6-8-4-2-1-3-5-16(8)10-9(13)11(17)15-7-14-10/h7-8H,1-6H2,(H,14,15,17). The minimum atomic E-state index is -0.297. The van der Waals surface area contributed by atoms with E-state index in [0.29, 0.717) is 11.7 Å². The molecule has 1 aliphatic heterocycles. The molecule has 0 aromatic carbocycles. The van der Waals surface area contributed by atoms with Crippen LogP contribution in [0.2, 0.25) is 5.02 Å². The van der Waals surface area contributed by atoms with Crippen molar-refractivity contribution in [2.75, 3.05) is 17.3 Å². The van der Waals surface area contributed by atoms with Crippen molar-refractivity contribution < 1.29 is 0 Å². The van der Waals surface area contributed by atoms with Crippen molar-refractivity contribution in [2.45, 2.75) is 31.7 Å². The second-order valence-corrected chi connectivity index (χ2v) is 4.91. The molecular weight excluding hydrogens is 261 g/mol. The van der Waals surface area contributed by atoms with Gasteiger partial charge in [-0.25, -0.2) is 4.98 Å². The number of alkyl halides is 1. The van der Waals surface area contributed by atoms with Crippen LogP contribution in [0.3, 0.4) is 0 Å². The molecule has 0 aliphatic carbocycles. The lowest BCUT2D eigenvalue weighted by atomic mass is 10.1. The average molecular weight is 276 g/mol. The van der Waals surface area contributed by atoms with E-state index in [1.807, 2.05) is 0 Å². The zero-order valence-corrected chi connectivity index (χ0v) is 11.0. The Kier molecular flexibility index (Phi) is 4.29.